The summed E-state index contributed by atoms with van der Waals surface area (Å²) in [6.07, 6.45) is 18.9. The number of carbonyl (C=O) groups excluding carboxylic acids is 3. The molecule has 4 unspecified atom stereocenters. The fraction of sp³-hybridized carbons (Fsp3) is 0.512. The van der Waals surface area contributed by atoms with Crippen LogP contribution in [-0.2, 0) is 14.3 Å². The molecule has 2 aliphatic carbocycles. The highest BCUT2D eigenvalue weighted by Crippen LogP contribution is 2.40. The lowest BCUT2D eigenvalue weighted by atomic mass is 9.86. The molecule has 2 aromatic rings. The number of nitrogens with zero attached hydrogens (tertiary/aromatic N) is 3. The Hall–Kier alpha value is -4.59. The molecule has 0 bridgehead atoms. The molecule has 0 aromatic carbocycles. The van der Waals surface area contributed by atoms with Crippen molar-refractivity contribution in [2.75, 3.05) is 27.3 Å². The Bertz CT molecular complexity index is 1890. The molecule has 14 heteroatoms. The number of aliphatic hydroxyl groups is 1. The van der Waals surface area contributed by atoms with Crippen LogP contribution in [0.25, 0.3) is 5.57 Å². The first kappa shape index (κ1) is 40.1. The maximum atomic E-state index is 13.5. The van der Waals surface area contributed by atoms with Crippen LogP contribution in [0.15, 0.2) is 65.9 Å². The molecule has 2 aromatic heterocycles. The molecule has 6 atom stereocenters. The predicted octanol–water partition coefficient (Wildman–Crippen LogP) is 6.82. The van der Waals surface area contributed by atoms with Gasteiger partial charge >= 0.3 is 12.2 Å². The smallest absolute Gasteiger partial charge is 0.407 e. The number of hydrogen-bond donors (Lipinski definition) is 5. The number of imidazole rings is 1. The van der Waals surface area contributed by atoms with Gasteiger partial charge in [-0.05, 0) is 66.7 Å². The van der Waals surface area contributed by atoms with Crippen LogP contribution in [0, 0.1) is 11.8 Å². The van der Waals surface area contributed by atoms with Crippen LogP contribution in [0.4, 0.5) is 9.59 Å². The third-order valence-corrected chi connectivity index (χ3v) is 11.5. The van der Waals surface area contributed by atoms with Gasteiger partial charge in [-0.3, -0.25) is 9.69 Å². The van der Waals surface area contributed by atoms with Gasteiger partial charge in [0.25, 0.3) is 0 Å². The van der Waals surface area contributed by atoms with Gasteiger partial charge in [0.2, 0.25) is 5.91 Å². The SMILES string of the molecule is COC(=O)N[C@@H](C(C)C)C(O)N1CCCC1c1cc(Cl)c(C2C=CC(C3=CC=C(c4cnc(C5C=CCN5C(=O)[C@@H](NC(=O)OC)C(C)C)[nH]4)CC3)=CC2)[nH]1. The van der Waals surface area contributed by atoms with E-state index in [1.165, 1.54) is 25.4 Å². The zero-order valence-electron chi connectivity index (χ0n) is 32.5. The van der Waals surface area contributed by atoms with Crippen molar-refractivity contribution in [2.24, 2.45) is 11.8 Å². The summed E-state index contributed by atoms with van der Waals surface area (Å²) in [5.74, 6) is 0.463. The number of rotatable bonds is 12. The van der Waals surface area contributed by atoms with E-state index in [1.807, 2.05) is 57.0 Å². The minimum atomic E-state index is -0.878. The minimum absolute atomic E-state index is 0.00155. The topological polar surface area (TPSA) is 165 Å². The van der Waals surface area contributed by atoms with Crippen LogP contribution in [-0.4, -0.2) is 93.6 Å². The number of carbonyl (C=O) groups is 3. The summed E-state index contributed by atoms with van der Waals surface area (Å²) in [5.41, 5.74) is 6.46. The Morgan fingerprint density at radius 3 is 2.38 bits per heavy atom. The second kappa shape index (κ2) is 17.5. The Morgan fingerprint density at radius 2 is 1.73 bits per heavy atom. The third-order valence-electron chi connectivity index (χ3n) is 11.2. The summed E-state index contributed by atoms with van der Waals surface area (Å²) in [6, 6.07) is 0.373. The Balaban J connectivity index is 1.09. The number of allylic oxidation sites excluding steroid dienone is 8. The number of aromatic nitrogens is 3. The van der Waals surface area contributed by atoms with Gasteiger partial charge in [-0.2, -0.15) is 0 Å². The monoisotopic (exact) mass is 775 g/mol. The molecule has 4 heterocycles. The summed E-state index contributed by atoms with van der Waals surface area (Å²) >= 11 is 6.85. The first-order valence-corrected chi connectivity index (χ1v) is 19.6. The van der Waals surface area contributed by atoms with Gasteiger partial charge in [-0.15, -0.1) is 0 Å². The minimum Gasteiger partial charge on any atom is -0.453 e. The summed E-state index contributed by atoms with van der Waals surface area (Å²) < 4.78 is 9.56. The van der Waals surface area contributed by atoms with Gasteiger partial charge in [-0.1, -0.05) is 81.8 Å². The lowest BCUT2D eigenvalue weighted by Gasteiger charge is -2.36. The fourth-order valence-electron chi connectivity index (χ4n) is 8.03. The van der Waals surface area contributed by atoms with E-state index in [1.54, 1.807) is 4.90 Å². The highest BCUT2D eigenvalue weighted by atomic mass is 35.5. The van der Waals surface area contributed by atoms with Crippen molar-refractivity contribution in [3.63, 3.8) is 0 Å². The lowest BCUT2D eigenvalue weighted by Crippen LogP contribution is -2.54. The molecule has 296 valence electrons. The molecule has 1 fully saturated rings. The first-order valence-electron chi connectivity index (χ1n) is 19.2. The highest BCUT2D eigenvalue weighted by Gasteiger charge is 2.39. The number of hydrogen-bond acceptors (Lipinski definition) is 8. The molecule has 13 nitrogen and oxygen atoms in total. The average Bonchev–Trinajstić information content (AvgIpc) is 4.02. The molecule has 2 aliphatic heterocycles. The highest BCUT2D eigenvalue weighted by molar-refractivity contribution is 6.31. The van der Waals surface area contributed by atoms with Gasteiger partial charge in [-0.25, -0.2) is 14.6 Å². The average molecular weight is 776 g/mol. The van der Waals surface area contributed by atoms with Crippen molar-refractivity contribution in [2.45, 2.75) is 96.1 Å². The number of aliphatic hydroxyl groups excluding tert-OH is 1. The molecule has 0 saturated carbocycles. The lowest BCUT2D eigenvalue weighted by molar-refractivity contribution is -0.135. The van der Waals surface area contributed by atoms with Crippen LogP contribution in [0.2, 0.25) is 5.02 Å². The van der Waals surface area contributed by atoms with Gasteiger partial charge in [0, 0.05) is 30.4 Å². The molecule has 0 spiro atoms. The number of ether oxygens (including phenoxy) is 2. The molecule has 4 aliphatic rings. The van der Waals surface area contributed by atoms with E-state index in [0.29, 0.717) is 23.9 Å². The van der Waals surface area contributed by atoms with Crippen molar-refractivity contribution in [1.29, 1.82) is 0 Å². The Kier molecular flexibility index (Phi) is 12.7. The number of amides is 3. The summed E-state index contributed by atoms with van der Waals surface area (Å²) in [5, 5.41) is 17.6. The van der Waals surface area contributed by atoms with Crippen molar-refractivity contribution < 1.29 is 29.0 Å². The molecule has 6 rings (SSSR count). The van der Waals surface area contributed by atoms with Crippen molar-refractivity contribution in [3.05, 3.63) is 93.9 Å². The predicted molar refractivity (Wildman–Crippen MR) is 211 cm³/mol. The van der Waals surface area contributed by atoms with Gasteiger partial charge in [0.15, 0.2) is 0 Å². The van der Waals surface area contributed by atoms with E-state index in [2.05, 4.69) is 56.0 Å². The van der Waals surface area contributed by atoms with Crippen molar-refractivity contribution in [3.8, 4) is 0 Å². The largest absolute Gasteiger partial charge is 0.453 e. The summed E-state index contributed by atoms with van der Waals surface area (Å²) in [6.45, 7) is 8.86. The summed E-state index contributed by atoms with van der Waals surface area (Å²) in [4.78, 5) is 52.9. The zero-order chi connectivity index (χ0) is 39.4. The standard InChI is InChI=1S/C41H54ClN7O6/c1-23(2)34(46-40(52)54-5)38(50)48-19-7-9-32(48)30-21-29(42)36(44-30)28-17-13-26(14-18-28)25-11-15-27(16-12-25)31-22-43-37(45-31)33-10-8-20-49(33)39(51)35(24(3)4)47-41(53)55-6/h8,10-11,13-15,17,21-24,28,32-35,38,44,50H,7,9,12,16,18-20H2,1-6H3,(H,43,45)(H,46,52)(H,47,53)/t28?,32?,33?,34-,35-,38?/m0/s1. The number of likely N-dealkylation sites (tertiary alicyclic amines) is 1. The first-order chi connectivity index (χ1) is 26.4. The van der Waals surface area contributed by atoms with Gasteiger partial charge in [0.1, 0.15) is 24.1 Å². The number of aromatic amines is 2. The maximum absolute atomic E-state index is 13.5. The zero-order valence-corrected chi connectivity index (χ0v) is 33.2. The van der Waals surface area contributed by atoms with Crippen LogP contribution < -0.4 is 10.6 Å². The van der Waals surface area contributed by atoms with Crippen LogP contribution in [0.1, 0.15) is 101 Å². The number of alkyl carbamates (subject to hydrolysis) is 2. The fourth-order valence-corrected chi connectivity index (χ4v) is 8.34. The third kappa shape index (κ3) is 8.79. The van der Waals surface area contributed by atoms with Crippen molar-refractivity contribution in [1.82, 2.24) is 35.4 Å². The second-order valence-electron chi connectivity index (χ2n) is 15.3. The molecular formula is C41H54ClN7O6. The molecule has 3 amide bonds. The number of nitrogens with one attached hydrogen (secondary N) is 4. The summed E-state index contributed by atoms with van der Waals surface area (Å²) in [7, 11) is 2.61. The van der Waals surface area contributed by atoms with E-state index < -0.39 is 30.5 Å². The van der Waals surface area contributed by atoms with Crippen molar-refractivity contribution >= 4 is 35.3 Å². The number of H-pyrrole nitrogens is 2. The van der Waals surface area contributed by atoms with Crippen LogP contribution in [0.3, 0.4) is 0 Å². The molecule has 5 N–H and O–H groups in total. The Morgan fingerprint density at radius 1 is 1.00 bits per heavy atom. The number of halogens is 1. The van der Waals surface area contributed by atoms with Gasteiger partial charge < -0.3 is 40.1 Å². The number of methoxy groups -OCH3 is 2. The molecular weight excluding hydrogens is 722 g/mol. The molecule has 55 heavy (non-hydrogen) atoms. The maximum Gasteiger partial charge on any atom is 0.407 e. The van der Waals surface area contributed by atoms with E-state index in [9.17, 15) is 19.5 Å². The van der Waals surface area contributed by atoms with E-state index in [4.69, 9.17) is 21.1 Å². The van der Waals surface area contributed by atoms with E-state index >= 15 is 0 Å². The quantitative estimate of drug-likeness (QED) is 0.147. The van der Waals surface area contributed by atoms with Gasteiger partial charge in [0.05, 0.1) is 43.2 Å². The normalized spacial score (nSPS) is 23.0. The molecule has 1 saturated heterocycles. The van der Waals surface area contributed by atoms with E-state index in [0.717, 1.165) is 54.8 Å². The van der Waals surface area contributed by atoms with E-state index in [-0.39, 0.29) is 35.7 Å². The Labute approximate surface area is 327 Å². The molecule has 0 radical (unpaired) electrons. The second-order valence-corrected chi connectivity index (χ2v) is 15.8. The van der Waals surface area contributed by atoms with Crippen LogP contribution >= 0.6 is 11.6 Å². The van der Waals surface area contributed by atoms with Crippen LogP contribution in [0.5, 0.6) is 0 Å².